The third kappa shape index (κ3) is 3.02. The average Bonchev–Trinajstić information content (AvgIpc) is 2.85. The number of hydrogen-bond acceptors (Lipinski definition) is 3. The number of fused-ring (bicyclic) bond motifs is 1. The number of halogens is 1. The van der Waals surface area contributed by atoms with E-state index in [0.717, 1.165) is 24.3 Å². The van der Waals surface area contributed by atoms with Gasteiger partial charge in [0.2, 0.25) is 0 Å². The maximum Gasteiger partial charge on any atom is 0.129 e. The van der Waals surface area contributed by atoms with Crippen molar-refractivity contribution in [1.82, 2.24) is 4.98 Å². The molecule has 2 heterocycles. The number of rotatable bonds is 4. The summed E-state index contributed by atoms with van der Waals surface area (Å²) in [6, 6.07) is 14.7. The van der Waals surface area contributed by atoms with Crippen LogP contribution in [-0.2, 0) is 6.42 Å². The number of nitrogens with one attached hydrogen (secondary N) is 1. The first-order chi connectivity index (χ1) is 9.72. The van der Waals surface area contributed by atoms with Crippen molar-refractivity contribution in [2.75, 3.05) is 11.9 Å². The highest BCUT2D eigenvalue weighted by Crippen LogP contribution is 2.23. The van der Waals surface area contributed by atoms with Crippen molar-refractivity contribution in [3.8, 4) is 0 Å². The first kappa shape index (κ1) is 13.6. The Bertz CT molecular complexity index is 736. The van der Waals surface area contributed by atoms with E-state index in [4.69, 9.17) is 4.98 Å². The van der Waals surface area contributed by atoms with E-state index in [0.29, 0.717) is 0 Å². The summed E-state index contributed by atoms with van der Waals surface area (Å²) in [6.45, 7) is 3.00. The maximum atomic E-state index is 4.69. The molecule has 0 aliphatic carbocycles. The summed E-state index contributed by atoms with van der Waals surface area (Å²) in [5.41, 5.74) is 2.23. The van der Waals surface area contributed by atoms with Gasteiger partial charge in [-0.3, -0.25) is 0 Å². The molecular formula is C16H15BrN2S. The van der Waals surface area contributed by atoms with E-state index in [2.05, 4.69) is 58.5 Å². The van der Waals surface area contributed by atoms with Gasteiger partial charge >= 0.3 is 0 Å². The first-order valence-electron chi connectivity index (χ1n) is 6.57. The van der Waals surface area contributed by atoms with Crippen molar-refractivity contribution in [2.45, 2.75) is 13.3 Å². The van der Waals surface area contributed by atoms with Crippen LogP contribution >= 0.6 is 27.3 Å². The number of anilines is 1. The largest absolute Gasteiger partial charge is 0.369 e. The van der Waals surface area contributed by atoms with E-state index in [1.54, 1.807) is 11.3 Å². The van der Waals surface area contributed by atoms with E-state index < -0.39 is 0 Å². The molecule has 3 aromatic rings. The Labute approximate surface area is 131 Å². The number of pyridine rings is 1. The Hall–Kier alpha value is -1.39. The van der Waals surface area contributed by atoms with Crippen LogP contribution in [0.25, 0.3) is 10.9 Å². The Morgan fingerprint density at radius 3 is 2.85 bits per heavy atom. The molecule has 2 nitrogen and oxygen atoms in total. The fourth-order valence-electron chi connectivity index (χ4n) is 2.19. The molecule has 20 heavy (non-hydrogen) atoms. The summed E-state index contributed by atoms with van der Waals surface area (Å²) in [4.78, 5) is 6.07. The van der Waals surface area contributed by atoms with E-state index in [9.17, 15) is 0 Å². The number of benzene rings is 1. The highest BCUT2D eigenvalue weighted by atomic mass is 79.9. The second kappa shape index (κ2) is 5.94. The highest BCUT2D eigenvalue weighted by Gasteiger charge is 2.03. The molecule has 0 aliphatic rings. The predicted molar refractivity (Wildman–Crippen MR) is 90.7 cm³/mol. The Kier molecular flexibility index (Phi) is 4.03. The van der Waals surface area contributed by atoms with Gasteiger partial charge in [0.05, 0.1) is 9.30 Å². The summed E-state index contributed by atoms with van der Waals surface area (Å²) in [5, 5.41) is 4.64. The lowest BCUT2D eigenvalue weighted by Gasteiger charge is -2.09. The van der Waals surface area contributed by atoms with Crippen LogP contribution in [-0.4, -0.2) is 11.5 Å². The minimum Gasteiger partial charge on any atom is -0.369 e. The zero-order valence-corrected chi connectivity index (χ0v) is 13.6. The predicted octanol–water partition coefficient (Wildman–Crippen LogP) is 5.02. The average molecular weight is 347 g/mol. The van der Waals surface area contributed by atoms with Crippen LogP contribution < -0.4 is 5.32 Å². The number of nitrogens with zero attached hydrogens (tertiary/aromatic N) is 1. The third-order valence-electron chi connectivity index (χ3n) is 3.21. The van der Waals surface area contributed by atoms with Gasteiger partial charge in [-0.1, -0.05) is 18.2 Å². The number of para-hydroxylation sites is 1. The monoisotopic (exact) mass is 346 g/mol. The zero-order valence-electron chi connectivity index (χ0n) is 11.2. The van der Waals surface area contributed by atoms with E-state index in [1.807, 2.05) is 12.1 Å². The summed E-state index contributed by atoms with van der Waals surface area (Å²) >= 11 is 5.28. The number of aromatic nitrogens is 1. The minimum atomic E-state index is 0.902. The fourth-order valence-corrected chi connectivity index (χ4v) is 3.67. The summed E-state index contributed by atoms with van der Waals surface area (Å²) in [5.74, 6) is 0.985. The van der Waals surface area contributed by atoms with Gasteiger partial charge in [-0.2, -0.15) is 0 Å². The van der Waals surface area contributed by atoms with Gasteiger partial charge in [0, 0.05) is 16.8 Å². The molecule has 1 aromatic carbocycles. The SMILES string of the molecule is Cc1cc2ccccc2nc1NCCc1ccc(Br)s1. The standard InChI is InChI=1S/C16H15BrN2S/c1-11-10-12-4-2-3-5-14(12)19-16(11)18-9-8-13-6-7-15(17)20-13/h2-7,10H,8-9H2,1H3,(H,18,19). The van der Waals surface area contributed by atoms with Crippen molar-refractivity contribution in [3.05, 3.63) is 56.7 Å². The molecule has 3 rings (SSSR count). The van der Waals surface area contributed by atoms with Crippen molar-refractivity contribution in [2.24, 2.45) is 0 Å². The number of thiophene rings is 1. The van der Waals surface area contributed by atoms with Crippen LogP contribution in [0.2, 0.25) is 0 Å². The van der Waals surface area contributed by atoms with E-state index in [-0.39, 0.29) is 0 Å². The molecule has 1 N–H and O–H groups in total. The molecule has 0 spiro atoms. The van der Waals surface area contributed by atoms with E-state index >= 15 is 0 Å². The Balaban J connectivity index is 1.72. The molecule has 0 unspecified atom stereocenters. The van der Waals surface area contributed by atoms with Crippen molar-refractivity contribution >= 4 is 44.0 Å². The van der Waals surface area contributed by atoms with Gasteiger partial charge < -0.3 is 5.32 Å². The van der Waals surface area contributed by atoms with Crippen LogP contribution in [0.15, 0.2) is 46.3 Å². The molecule has 0 aliphatic heterocycles. The number of hydrogen-bond donors (Lipinski definition) is 1. The quantitative estimate of drug-likeness (QED) is 0.717. The smallest absolute Gasteiger partial charge is 0.129 e. The zero-order chi connectivity index (χ0) is 13.9. The molecule has 0 fully saturated rings. The fraction of sp³-hybridized carbons (Fsp3) is 0.188. The van der Waals surface area contributed by atoms with Crippen LogP contribution in [0.1, 0.15) is 10.4 Å². The van der Waals surface area contributed by atoms with Crippen LogP contribution in [0.5, 0.6) is 0 Å². The van der Waals surface area contributed by atoms with Crippen molar-refractivity contribution in [3.63, 3.8) is 0 Å². The highest BCUT2D eigenvalue weighted by molar-refractivity contribution is 9.11. The van der Waals surface area contributed by atoms with Gasteiger partial charge in [-0.25, -0.2) is 4.98 Å². The lowest BCUT2D eigenvalue weighted by molar-refractivity contribution is 1.03. The molecule has 4 heteroatoms. The molecule has 0 atom stereocenters. The summed E-state index contributed by atoms with van der Waals surface area (Å²) < 4.78 is 1.19. The van der Waals surface area contributed by atoms with Crippen LogP contribution in [0, 0.1) is 6.92 Å². The Morgan fingerprint density at radius 1 is 1.20 bits per heavy atom. The van der Waals surface area contributed by atoms with Crippen LogP contribution in [0.3, 0.4) is 0 Å². The molecule has 102 valence electrons. The van der Waals surface area contributed by atoms with Gasteiger partial charge in [0.25, 0.3) is 0 Å². The van der Waals surface area contributed by atoms with Gasteiger partial charge in [0.15, 0.2) is 0 Å². The summed E-state index contributed by atoms with van der Waals surface area (Å²) in [6.07, 6.45) is 1.02. The minimum absolute atomic E-state index is 0.902. The van der Waals surface area contributed by atoms with Crippen molar-refractivity contribution < 1.29 is 0 Å². The molecule has 0 saturated carbocycles. The van der Waals surface area contributed by atoms with Crippen molar-refractivity contribution in [1.29, 1.82) is 0 Å². The van der Waals surface area contributed by atoms with Crippen LogP contribution in [0.4, 0.5) is 5.82 Å². The lowest BCUT2D eigenvalue weighted by Crippen LogP contribution is -2.07. The molecule has 0 amide bonds. The Morgan fingerprint density at radius 2 is 2.05 bits per heavy atom. The molecule has 0 bridgehead atoms. The number of aryl methyl sites for hydroxylation is 1. The summed E-state index contributed by atoms with van der Waals surface area (Å²) in [7, 11) is 0. The lowest BCUT2D eigenvalue weighted by atomic mass is 10.1. The third-order valence-corrected chi connectivity index (χ3v) is 4.89. The van der Waals surface area contributed by atoms with Gasteiger partial charge in [-0.15, -0.1) is 11.3 Å². The molecule has 2 aromatic heterocycles. The second-order valence-electron chi connectivity index (χ2n) is 4.73. The molecule has 0 saturated heterocycles. The van der Waals surface area contributed by atoms with Gasteiger partial charge in [-0.05, 0) is 59.1 Å². The second-order valence-corrected chi connectivity index (χ2v) is 7.28. The molecular weight excluding hydrogens is 332 g/mol. The topological polar surface area (TPSA) is 24.9 Å². The maximum absolute atomic E-state index is 4.69. The first-order valence-corrected chi connectivity index (χ1v) is 8.18. The van der Waals surface area contributed by atoms with Gasteiger partial charge in [0.1, 0.15) is 5.82 Å². The van der Waals surface area contributed by atoms with E-state index in [1.165, 1.54) is 19.6 Å². The normalized spacial score (nSPS) is 10.9. The molecule has 0 radical (unpaired) electrons.